The summed E-state index contributed by atoms with van der Waals surface area (Å²) in [7, 11) is 0. The van der Waals surface area contributed by atoms with E-state index in [-0.39, 0.29) is 11.5 Å². The van der Waals surface area contributed by atoms with E-state index in [1.807, 2.05) is 11.0 Å². The maximum absolute atomic E-state index is 13.3. The van der Waals surface area contributed by atoms with Crippen LogP contribution in [0.3, 0.4) is 0 Å². The van der Waals surface area contributed by atoms with E-state index in [1.54, 1.807) is 17.5 Å². The highest BCUT2D eigenvalue weighted by atomic mass is 32.1. The van der Waals surface area contributed by atoms with Gasteiger partial charge >= 0.3 is 0 Å². The van der Waals surface area contributed by atoms with E-state index >= 15 is 0 Å². The average Bonchev–Trinajstić information content (AvgIpc) is 3.39. The van der Waals surface area contributed by atoms with Crippen LogP contribution in [0.25, 0.3) is 0 Å². The molecule has 1 unspecified atom stereocenters. The standard InChI is InChI=1S/C20H26N4O2S/c25-19(24-10-1-2-15(13-24)16-3-7-22-23-16)17-12-14-4-11-26-20(18(14)27-17)5-8-21-9-6-20/h3,7,12,15,21H,1-2,4-6,8-11,13H2,(H,22,23). The molecular formula is C20H26N4O2S. The number of nitrogens with zero attached hydrogens (tertiary/aromatic N) is 2. The van der Waals surface area contributed by atoms with E-state index < -0.39 is 0 Å². The summed E-state index contributed by atoms with van der Waals surface area (Å²) in [5.74, 6) is 0.543. The second kappa shape index (κ2) is 7.04. The van der Waals surface area contributed by atoms with Gasteiger partial charge in [0.25, 0.3) is 5.91 Å². The Bertz CT molecular complexity index is 810. The van der Waals surface area contributed by atoms with Crippen LogP contribution in [-0.2, 0) is 16.8 Å². The SMILES string of the molecule is O=C(c1cc2c(s1)C1(CCNCC1)OCC2)N1CCCC(c2ccn[nH]2)C1. The number of hydrogen-bond acceptors (Lipinski definition) is 5. The molecule has 5 rings (SSSR count). The van der Waals surface area contributed by atoms with Crippen LogP contribution in [0, 0.1) is 0 Å². The molecule has 7 heteroatoms. The summed E-state index contributed by atoms with van der Waals surface area (Å²) < 4.78 is 6.27. The van der Waals surface area contributed by atoms with Gasteiger partial charge in [-0.2, -0.15) is 5.10 Å². The van der Waals surface area contributed by atoms with Crippen molar-refractivity contribution in [1.29, 1.82) is 0 Å². The normalized spacial score (nSPS) is 24.7. The second-order valence-corrected chi connectivity index (χ2v) is 8.96. The molecule has 2 fully saturated rings. The molecule has 144 valence electrons. The van der Waals surface area contributed by atoms with E-state index in [4.69, 9.17) is 4.74 Å². The summed E-state index contributed by atoms with van der Waals surface area (Å²) in [5.41, 5.74) is 2.31. The van der Waals surface area contributed by atoms with Crippen molar-refractivity contribution in [2.45, 2.75) is 43.6 Å². The molecule has 2 saturated heterocycles. The monoisotopic (exact) mass is 386 g/mol. The van der Waals surface area contributed by atoms with Crippen LogP contribution in [0.5, 0.6) is 0 Å². The van der Waals surface area contributed by atoms with Crippen molar-refractivity contribution < 1.29 is 9.53 Å². The van der Waals surface area contributed by atoms with Gasteiger partial charge in [-0.05, 0) is 62.9 Å². The Morgan fingerprint density at radius 2 is 2.26 bits per heavy atom. The number of likely N-dealkylation sites (tertiary alicyclic amines) is 1. The minimum atomic E-state index is -0.164. The number of aromatic nitrogens is 2. The zero-order valence-corrected chi connectivity index (χ0v) is 16.3. The molecule has 1 atom stereocenters. The summed E-state index contributed by atoms with van der Waals surface area (Å²) in [6.07, 6.45) is 6.86. The van der Waals surface area contributed by atoms with Gasteiger partial charge in [0.1, 0.15) is 5.60 Å². The molecule has 2 aromatic rings. The number of nitrogens with one attached hydrogen (secondary N) is 2. The summed E-state index contributed by atoms with van der Waals surface area (Å²) >= 11 is 1.68. The first kappa shape index (κ1) is 17.4. The molecule has 2 aromatic heterocycles. The number of hydrogen-bond donors (Lipinski definition) is 2. The highest BCUT2D eigenvalue weighted by Crippen LogP contribution is 2.44. The van der Waals surface area contributed by atoms with E-state index in [2.05, 4.69) is 21.6 Å². The van der Waals surface area contributed by atoms with E-state index in [0.717, 1.165) is 75.5 Å². The molecule has 5 heterocycles. The van der Waals surface area contributed by atoms with E-state index in [9.17, 15) is 4.79 Å². The molecule has 2 N–H and O–H groups in total. The van der Waals surface area contributed by atoms with Crippen molar-refractivity contribution in [3.05, 3.63) is 39.3 Å². The molecule has 0 aromatic carbocycles. The highest BCUT2D eigenvalue weighted by Gasteiger charge is 2.41. The molecule has 27 heavy (non-hydrogen) atoms. The van der Waals surface area contributed by atoms with Gasteiger partial charge in [0.15, 0.2) is 0 Å². The third-order valence-corrected chi connectivity index (χ3v) is 7.62. The number of carbonyl (C=O) groups is 1. The number of thiophene rings is 1. The minimum absolute atomic E-state index is 0.164. The average molecular weight is 387 g/mol. The van der Waals surface area contributed by atoms with Gasteiger partial charge in [-0.3, -0.25) is 9.89 Å². The third-order valence-electron chi connectivity index (χ3n) is 6.27. The Morgan fingerprint density at radius 1 is 1.37 bits per heavy atom. The van der Waals surface area contributed by atoms with Gasteiger partial charge < -0.3 is 15.0 Å². The van der Waals surface area contributed by atoms with Gasteiger partial charge in [0, 0.05) is 35.8 Å². The van der Waals surface area contributed by atoms with Crippen molar-refractivity contribution in [3.8, 4) is 0 Å². The minimum Gasteiger partial charge on any atom is -0.369 e. The lowest BCUT2D eigenvalue weighted by molar-refractivity contribution is -0.0771. The van der Waals surface area contributed by atoms with Gasteiger partial charge in [-0.25, -0.2) is 0 Å². The van der Waals surface area contributed by atoms with Crippen LogP contribution in [0.1, 0.15) is 57.4 Å². The van der Waals surface area contributed by atoms with Crippen LogP contribution in [0.15, 0.2) is 18.3 Å². The summed E-state index contributed by atoms with van der Waals surface area (Å²) in [4.78, 5) is 17.5. The number of piperidine rings is 2. The van der Waals surface area contributed by atoms with Gasteiger partial charge in [0.05, 0.1) is 11.5 Å². The lowest BCUT2D eigenvalue weighted by Gasteiger charge is -2.40. The first-order valence-electron chi connectivity index (χ1n) is 10.0. The fourth-order valence-corrected chi connectivity index (χ4v) is 6.17. The summed E-state index contributed by atoms with van der Waals surface area (Å²) in [6.45, 7) is 4.35. The van der Waals surface area contributed by atoms with Crippen LogP contribution in [-0.4, -0.2) is 53.8 Å². The molecule has 1 spiro atoms. The zero-order chi connectivity index (χ0) is 18.3. The van der Waals surface area contributed by atoms with Crippen LogP contribution >= 0.6 is 11.3 Å². The third kappa shape index (κ3) is 3.11. The number of H-pyrrole nitrogens is 1. The second-order valence-electron chi connectivity index (χ2n) is 7.91. The van der Waals surface area contributed by atoms with Crippen LogP contribution in [0.2, 0.25) is 0 Å². The summed E-state index contributed by atoms with van der Waals surface area (Å²) in [6, 6.07) is 4.18. The fraction of sp³-hybridized carbons (Fsp3) is 0.600. The van der Waals surface area contributed by atoms with Gasteiger partial charge in [-0.15, -0.1) is 11.3 Å². The number of fused-ring (bicyclic) bond motifs is 2. The zero-order valence-electron chi connectivity index (χ0n) is 15.5. The Hall–Kier alpha value is -1.70. The molecule has 3 aliphatic rings. The molecule has 0 bridgehead atoms. The molecule has 0 aliphatic carbocycles. The fourth-order valence-electron chi connectivity index (χ4n) is 4.79. The maximum atomic E-state index is 13.3. The Morgan fingerprint density at radius 3 is 3.07 bits per heavy atom. The van der Waals surface area contributed by atoms with Gasteiger partial charge in [0.2, 0.25) is 0 Å². The summed E-state index contributed by atoms with van der Waals surface area (Å²) in [5, 5.41) is 10.6. The lowest BCUT2D eigenvalue weighted by Crippen LogP contribution is -2.44. The van der Waals surface area contributed by atoms with Crippen LogP contribution in [0.4, 0.5) is 0 Å². The van der Waals surface area contributed by atoms with Crippen molar-refractivity contribution in [1.82, 2.24) is 20.4 Å². The van der Waals surface area contributed by atoms with Crippen molar-refractivity contribution in [2.75, 3.05) is 32.8 Å². The largest absolute Gasteiger partial charge is 0.369 e. The molecule has 1 amide bonds. The Kier molecular flexibility index (Phi) is 4.53. The van der Waals surface area contributed by atoms with Crippen molar-refractivity contribution in [2.24, 2.45) is 0 Å². The molecular weight excluding hydrogens is 360 g/mol. The first-order chi connectivity index (χ1) is 13.3. The number of carbonyl (C=O) groups excluding carboxylic acids is 1. The Labute approximate surface area is 163 Å². The quantitative estimate of drug-likeness (QED) is 0.832. The lowest BCUT2D eigenvalue weighted by atomic mass is 9.86. The number of rotatable bonds is 2. The molecule has 6 nitrogen and oxygen atoms in total. The van der Waals surface area contributed by atoms with Crippen molar-refractivity contribution >= 4 is 17.2 Å². The van der Waals surface area contributed by atoms with Crippen LogP contribution < -0.4 is 5.32 Å². The predicted molar refractivity (Wildman–Crippen MR) is 104 cm³/mol. The topological polar surface area (TPSA) is 70.2 Å². The number of ether oxygens (including phenoxy) is 1. The molecule has 0 saturated carbocycles. The maximum Gasteiger partial charge on any atom is 0.263 e. The molecule has 3 aliphatic heterocycles. The smallest absolute Gasteiger partial charge is 0.263 e. The van der Waals surface area contributed by atoms with Crippen molar-refractivity contribution in [3.63, 3.8) is 0 Å². The van der Waals surface area contributed by atoms with Gasteiger partial charge in [-0.1, -0.05) is 0 Å². The highest BCUT2D eigenvalue weighted by molar-refractivity contribution is 7.14. The first-order valence-corrected chi connectivity index (χ1v) is 10.8. The Balaban J connectivity index is 1.38. The number of amides is 1. The van der Waals surface area contributed by atoms with E-state index in [0.29, 0.717) is 5.92 Å². The predicted octanol–water partition coefficient (Wildman–Crippen LogP) is 2.64. The molecule has 0 radical (unpaired) electrons. The van der Waals surface area contributed by atoms with E-state index in [1.165, 1.54) is 10.4 Å². The number of aromatic amines is 1.